The fourth-order valence-electron chi connectivity index (χ4n) is 4.82. The number of benzene rings is 2. The zero-order chi connectivity index (χ0) is 24.1. The molecule has 0 spiro atoms. The van der Waals surface area contributed by atoms with Gasteiger partial charge in [-0.3, -0.25) is 9.59 Å². The number of para-hydroxylation sites is 2. The highest BCUT2D eigenvalue weighted by atomic mass is 16.5. The van der Waals surface area contributed by atoms with Gasteiger partial charge in [0.1, 0.15) is 5.75 Å². The van der Waals surface area contributed by atoms with Gasteiger partial charge in [-0.25, -0.2) is 0 Å². The van der Waals surface area contributed by atoms with Crippen LogP contribution in [-0.2, 0) is 9.53 Å². The number of rotatable bonds is 7. The largest absolute Gasteiger partial charge is 0.496 e. The first-order chi connectivity index (χ1) is 16.6. The van der Waals surface area contributed by atoms with Crippen LogP contribution in [0.2, 0.25) is 0 Å². The van der Waals surface area contributed by atoms with Crippen molar-refractivity contribution in [1.29, 1.82) is 0 Å². The lowest BCUT2D eigenvalue weighted by molar-refractivity contribution is -0.135. The Bertz CT molecular complexity index is 1030. The van der Waals surface area contributed by atoms with Gasteiger partial charge >= 0.3 is 0 Å². The van der Waals surface area contributed by atoms with Crippen molar-refractivity contribution in [3.05, 3.63) is 53.6 Å². The standard InChI is InChI=1S/C26H32N2O6/c1-4-33-22-11-7-9-20-24-18(17-34-25(20)22)16-27(14-15-31-2)23(29)12-13-28(24)26(30)19-8-5-6-10-21(19)32-3/h5-11,18,24H,4,12-17H2,1-3H3/t18-,24-/m0/s1. The van der Waals surface area contributed by atoms with E-state index >= 15 is 0 Å². The maximum Gasteiger partial charge on any atom is 0.258 e. The van der Waals surface area contributed by atoms with Crippen LogP contribution in [0.5, 0.6) is 17.2 Å². The first-order valence-electron chi connectivity index (χ1n) is 11.7. The van der Waals surface area contributed by atoms with Gasteiger partial charge in [0.15, 0.2) is 11.5 Å². The molecule has 2 amide bonds. The third kappa shape index (κ3) is 4.68. The van der Waals surface area contributed by atoms with Gasteiger partial charge in [-0.05, 0) is 25.1 Å². The molecule has 0 saturated carbocycles. The molecule has 34 heavy (non-hydrogen) atoms. The number of hydrogen-bond donors (Lipinski definition) is 0. The minimum Gasteiger partial charge on any atom is -0.496 e. The highest BCUT2D eigenvalue weighted by Crippen LogP contribution is 2.46. The fraction of sp³-hybridized carbons (Fsp3) is 0.462. The van der Waals surface area contributed by atoms with Crippen LogP contribution in [0.3, 0.4) is 0 Å². The number of carbonyl (C=O) groups excluding carboxylic acids is 2. The fourth-order valence-corrected chi connectivity index (χ4v) is 4.82. The summed E-state index contributed by atoms with van der Waals surface area (Å²) in [6, 6.07) is 12.7. The Morgan fingerprint density at radius 1 is 1.12 bits per heavy atom. The van der Waals surface area contributed by atoms with Crippen LogP contribution >= 0.6 is 0 Å². The molecule has 2 aromatic rings. The third-order valence-electron chi connectivity index (χ3n) is 6.39. The molecule has 8 nitrogen and oxygen atoms in total. The first-order valence-corrected chi connectivity index (χ1v) is 11.7. The van der Waals surface area contributed by atoms with Gasteiger partial charge in [0.25, 0.3) is 5.91 Å². The second-order valence-corrected chi connectivity index (χ2v) is 8.40. The Kier molecular flexibility index (Phi) is 7.57. The summed E-state index contributed by atoms with van der Waals surface area (Å²) in [4.78, 5) is 30.6. The summed E-state index contributed by atoms with van der Waals surface area (Å²) >= 11 is 0. The van der Waals surface area contributed by atoms with E-state index in [2.05, 4.69) is 0 Å². The number of methoxy groups -OCH3 is 2. The normalized spacial score (nSPS) is 19.9. The number of carbonyl (C=O) groups is 2. The van der Waals surface area contributed by atoms with Crippen molar-refractivity contribution < 1.29 is 28.5 Å². The van der Waals surface area contributed by atoms with Crippen molar-refractivity contribution in [3.8, 4) is 17.2 Å². The summed E-state index contributed by atoms with van der Waals surface area (Å²) in [6.07, 6.45) is 0.231. The van der Waals surface area contributed by atoms with E-state index in [1.165, 1.54) is 0 Å². The maximum absolute atomic E-state index is 13.9. The molecular formula is C26H32N2O6. The number of amides is 2. The Morgan fingerprint density at radius 3 is 2.68 bits per heavy atom. The van der Waals surface area contributed by atoms with Gasteiger partial charge in [-0.15, -0.1) is 0 Å². The number of ether oxygens (including phenoxy) is 4. The van der Waals surface area contributed by atoms with Crippen molar-refractivity contribution in [3.63, 3.8) is 0 Å². The van der Waals surface area contributed by atoms with E-state index in [4.69, 9.17) is 18.9 Å². The Labute approximate surface area is 200 Å². The molecule has 0 unspecified atom stereocenters. The van der Waals surface area contributed by atoms with Gasteiger partial charge in [-0.1, -0.05) is 24.3 Å². The lowest BCUT2D eigenvalue weighted by Crippen LogP contribution is -2.51. The first kappa shape index (κ1) is 23.9. The summed E-state index contributed by atoms with van der Waals surface area (Å²) in [5.74, 6) is 1.57. The molecule has 8 heteroatoms. The van der Waals surface area contributed by atoms with E-state index in [-0.39, 0.29) is 30.2 Å². The van der Waals surface area contributed by atoms with Crippen LogP contribution in [0, 0.1) is 5.92 Å². The van der Waals surface area contributed by atoms with Crippen LogP contribution in [0.1, 0.15) is 35.3 Å². The summed E-state index contributed by atoms with van der Waals surface area (Å²) in [5, 5.41) is 0. The van der Waals surface area contributed by atoms with E-state index in [1.807, 2.05) is 47.1 Å². The van der Waals surface area contributed by atoms with Crippen LogP contribution in [0.25, 0.3) is 0 Å². The quantitative estimate of drug-likeness (QED) is 0.621. The van der Waals surface area contributed by atoms with E-state index in [0.29, 0.717) is 62.3 Å². The maximum atomic E-state index is 13.9. The number of fused-ring (bicyclic) bond motifs is 3. The average Bonchev–Trinajstić information content (AvgIpc) is 2.86. The molecular weight excluding hydrogens is 436 g/mol. The minimum atomic E-state index is -0.278. The van der Waals surface area contributed by atoms with Crippen LogP contribution in [-0.4, -0.2) is 75.3 Å². The molecule has 2 heterocycles. The van der Waals surface area contributed by atoms with Gasteiger partial charge < -0.3 is 28.7 Å². The molecule has 1 saturated heterocycles. The second-order valence-electron chi connectivity index (χ2n) is 8.40. The molecule has 0 N–H and O–H groups in total. The topological polar surface area (TPSA) is 77.5 Å². The summed E-state index contributed by atoms with van der Waals surface area (Å²) in [5.41, 5.74) is 1.37. The molecule has 2 aromatic carbocycles. The van der Waals surface area contributed by atoms with Crippen molar-refractivity contribution in [2.24, 2.45) is 5.92 Å². The lowest BCUT2D eigenvalue weighted by Gasteiger charge is -2.44. The average molecular weight is 469 g/mol. The molecule has 1 fully saturated rings. The van der Waals surface area contributed by atoms with Gasteiger partial charge in [0.05, 0.1) is 38.5 Å². The molecule has 2 atom stereocenters. The highest BCUT2D eigenvalue weighted by Gasteiger charge is 2.42. The van der Waals surface area contributed by atoms with E-state index in [9.17, 15) is 9.59 Å². The van der Waals surface area contributed by atoms with Crippen LogP contribution in [0.4, 0.5) is 0 Å². The predicted molar refractivity (Wildman–Crippen MR) is 126 cm³/mol. The number of hydrogen-bond acceptors (Lipinski definition) is 6. The predicted octanol–water partition coefficient (Wildman–Crippen LogP) is 3.16. The Balaban J connectivity index is 1.78. The zero-order valence-corrected chi connectivity index (χ0v) is 20.0. The molecule has 0 aromatic heterocycles. The molecule has 182 valence electrons. The van der Waals surface area contributed by atoms with E-state index in [1.54, 1.807) is 26.4 Å². The van der Waals surface area contributed by atoms with Crippen molar-refractivity contribution in [1.82, 2.24) is 9.80 Å². The molecule has 0 aliphatic carbocycles. The zero-order valence-electron chi connectivity index (χ0n) is 20.0. The molecule has 2 aliphatic rings. The molecule has 0 radical (unpaired) electrons. The van der Waals surface area contributed by atoms with Crippen LogP contribution in [0.15, 0.2) is 42.5 Å². The third-order valence-corrected chi connectivity index (χ3v) is 6.39. The van der Waals surface area contributed by atoms with Gasteiger partial charge in [0, 0.05) is 44.6 Å². The number of nitrogens with zero attached hydrogens (tertiary/aromatic N) is 2. The van der Waals surface area contributed by atoms with Gasteiger partial charge in [0.2, 0.25) is 5.91 Å². The monoisotopic (exact) mass is 468 g/mol. The van der Waals surface area contributed by atoms with Gasteiger partial charge in [-0.2, -0.15) is 0 Å². The van der Waals surface area contributed by atoms with Crippen molar-refractivity contribution in [2.45, 2.75) is 19.4 Å². The second kappa shape index (κ2) is 10.8. The smallest absolute Gasteiger partial charge is 0.258 e. The summed E-state index contributed by atoms with van der Waals surface area (Å²) < 4.78 is 22.7. The molecule has 2 aliphatic heterocycles. The summed E-state index contributed by atoms with van der Waals surface area (Å²) in [6.45, 7) is 4.53. The Hall–Kier alpha value is -3.26. The highest BCUT2D eigenvalue weighted by molar-refractivity contribution is 5.97. The lowest BCUT2D eigenvalue weighted by atomic mass is 9.86. The molecule has 0 bridgehead atoms. The summed E-state index contributed by atoms with van der Waals surface area (Å²) in [7, 11) is 3.18. The van der Waals surface area contributed by atoms with Crippen molar-refractivity contribution >= 4 is 11.8 Å². The van der Waals surface area contributed by atoms with Crippen LogP contribution < -0.4 is 14.2 Å². The SMILES string of the molecule is CCOc1cccc2c1OC[C@@H]1CN(CCOC)C(=O)CCN(C(=O)c3ccccc3OC)[C@H]21. The van der Waals surface area contributed by atoms with E-state index < -0.39 is 0 Å². The van der Waals surface area contributed by atoms with E-state index in [0.717, 1.165) is 5.56 Å². The van der Waals surface area contributed by atoms with Crippen molar-refractivity contribution in [2.75, 3.05) is 53.7 Å². The molecule has 4 rings (SSSR count). The Morgan fingerprint density at radius 2 is 1.91 bits per heavy atom. The minimum absolute atomic E-state index is 0.00203.